The molecular weight excluding hydrogens is 154 g/mol. The topological polar surface area (TPSA) is 21.7 Å². The first kappa shape index (κ1) is 9.96. The second kappa shape index (κ2) is 4.21. The Bertz CT molecular complexity index is 138. The molecule has 1 aliphatic rings. The Labute approximate surface area is 74.6 Å². The fourth-order valence-corrected chi connectivity index (χ4v) is 1.65. The van der Waals surface area contributed by atoms with Crippen LogP contribution in [0.5, 0.6) is 0 Å². The molecule has 0 radical (unpaired) electrons. The van der Waals surface area contributed by atoms with Crippen LogP contribution in [0.25, 0.3) is 0 Å². The highest BCUT2D eigenvalue weighted by molar-refractivity contribution is 4.76. The van der Waals surface area contributed by atoms with E-state index in [1.807, 2.05) is 0 Å². The van der Waals surface area contributed by atoms with E-state index in [4.69, 9.17) is 9.47 Å². The van der Waals surface area contributed by atoms with Crippen molar-refractivity contribution in [2.75, 3.05) is 21.2 Å². The molecule has 3 atom stereocenters. The van der Waals surface area contributed by atoms with Gasteiger partial charge in [0.1, 0.15) is 0 Å². The third-order valence-electron chi connectivity index (χ3n) is 2.45. The van der Waals surface area contributed by atoms with E-state index < -0.39 is 0 Å². The first-order valence-corrected chi connectivity index (χ1v) is 4.48. The quantitative estimate of drug-likeness (QED) is 0.624. The number of hydrogen-bond acceptors (Lipinski definition) is 3. The predicted molar refractivity (Wildman–Crippen MR) is 48.1 cm³/mol. The SMILES string of the molecule is CO[C@H]1CC(N(C)C)CC(C)O1. The average Bonchev–Trinajstić information content (AvgIpc) is 2.03. The zero-order valence-corrected chi connectivity index (χ0v) is 8.41. The van der Waals surface area contributed by atoms with Crippen LogP contribution in [0.4, 0.5) is 0 Å². The molecule has 12 heavy (non-hydrogen) atoms. The van der Waals surface area contributed by atoms with Crippen LogP contribution in [0.2, 0.25) is 0 Å². The summed E-state index contributed by atoms with van der Waals surface area (Å²) in [6.45, 7) is 2.10. The number of methoxy groups -OCH3 is 1. The Morgan fingerprint density at radius 3 is 2.50 bits per heavy atom. The lowest BCUT2D eigenvalue weighted by atomic mass is 10.0. The summed E-state index contributed by atoms with van der Waals surface area (Å²) in [5.41, 5.74) is 0. The lowest BCUT2D eigenvalue weighted by Crippen LogP contribution is -2.42. The smallest absolute Gasteiger partial charge is 0.159 e. The minimum atomic E-state index is -0.0128. The minimum Gasteiger partial charge on any atom is -0.356 e. The molecule has 3 heteroatoms. The maximum atomic E-state index is 5.57. The summed E-state index contributed by atoms with van der Waals surface area (Å²) >= 11 is 0. The van der Waals surface area contributed by atoms with E-state index in [9.17, 15) is 0 Å². The molecule has 1 fully saturated rings. The second-order valence-corrected chi connectivity index (χ2v) is 3.70. The number of rotatable bonds is 2. The third kappa shape index (κ3) is 2.44. The van der Waals surface area contributed by atoms with Crippen LogP contribution >= 0.6 is 0 Å². The van der Waals surface area contributed by atoms with Crippen molar-refractivity contribution >= 4 is 0 Å². The molecule has 1 heterocycles. The normalized spacial score (nSPS) is 37.2. The lowest BCUT2D eigenvalue weighted by Gasteiger charge is -2.36. The highest BCUT2D eigenvalue weighted by Crippen LogP contribution is 2.22. The van der Waals surface area contributed by atoms with Crippen LogP contribution in [0.15, 0.2) is 0 Å². The molecule has 0 aliphatic carbocycles. The Morgan fingerprint density at radius 1 is 1.33 bits per heavy atom. The summed E-state index contributed by atoms with van der Waals surface area (Å²) in [5.74, 6) is 0. The van der Waals surface area contributed by atoms with Gasteiger partial charge in [-0.3, -0.25) is 0 Å². The van der Waals surface area contributed by atoms with Gasteiger partial charge in [-0.05, 0) is 27.4 Å². The van der Waals surface area contributed by atoms with Crippen LogP contribution < -0.4 is 0 Å². The summed E-state index contributed by atoms with van der Waals surface area (Å²) in [6, 6.07) is 0.596. The summed E-state index contributed by atoms with van der Waals surface area (Å²) in [5, 5.41) is 0. The molecule has 0 aromatic heterocycles. The highest BCUT2D eigenvalue weighted by atomic mass is 16.7. The van der Waals surface area contributed by atoms with Crippen molar-refractivity contribution in [1.29, 1.82) is 0 Å². The first-order chi connectivity index (χ1) is 5.63. The monoisotopic (exact) mass is 173 g/mol. The van der Waals surface area contributed by atoms with E-state index in [1.165, 1.54) is 0 Å². The van der Waals surface area contributed by atoms with Crippen molar-refractivity contribution in [3.05, 3.63) is 0 Å². The van der Waals surface area contributed by atoms with Crippen LogP contribution in [-0.2, 0) is 9.47 Å². The van der Waals surface area contributed by atoms with E-state index in [2.05, 4.69) is 25.9 Å². The van der Waals surface area contributed by atoms with Gasteiger partial charge in [-0.15, -0.1) is 0 Å². The molecular formula is C9H19NO2. The molecule has 1 saturated heterocycles. The maximum Gasteiger partial charge on any atom is 0.159 e. The van der Waals surface area contributed by atoms with Crippen molar-refractivity contribution < 1.29 is 9.47 Å². The summed E-state index contributed by atoms with van der Waals surface area (Å²) < 4.78 is 10.8. The summed E-state index contributed by atoms with van der Waals surface area (Å²) in [7, 11) is 5.92. The summed E-state index contributed by atoms with van der Waals surface area (Å²) in [4.78, 5) is 2.24. The minimum absolute atomic E-state index is 0.0128. The zero-order chi connectivity index (χ0) is 9.14. The van der Waals surface area contributed by atoms with E-state index in [0.29, 0.717) is 12.1 Å². The highest BCUT2D eigenvalue weighted by Gasteiger charge is 2.27. The fourth-order valence-electron chi connectivity index (χ4n) is 1.65. The van der Waals surface area contributed by atoms with Gasteiger partial charge in [0.2, 0.25) is 0 Å². The number of ether oxygens (including phenoxy) is 2. The Kier molecular flexibility index (Phi) is 3.50. The molecule has 1 rings (SSSR count). The van der Waals surface area contributed by atoms with Gasteiger partial charge in [0.05, 0.1) is 6.10 Å². The van der Waals surface area contributed by atoms with Gasteiger partial charge >= 0.3 is 0 Å². The van der Waals surface area contributed by atoms with Gasteiger partial charge in [-0.2, -0.15) is 0 Å². The largest absolute Gasteiger partial charge is 0.356 e. The summed E-state index contributed by atoms with van der Waals surface area (Å²) in [6.07, 6.45) is 2.39. The van der Waals surface area contributed by atoms with Crippen molar-refractivity contribution in [2.45, 2.75) is 38.2 Å². The molecule has 0 N–H and O–H groups in total. The number of nitrogens with zero attached hydrogens (tertiary/aromatic N) is 1. The first-order valence-electron chi connectivity index (χ1n) is 4.48. The molecule has 0 amide bonds. The molecule has 0 aromatic rings. The molecule has 2 unspecified atom stereocenters. The molecule has 0 spiro atoms. The Hall–Kier alpha value is -0.120. The third-order valence-corrected chi connectivity index (χ3v) is 2.45. The van der Waals surface area contributed by atoms with Gasteiger partial charge < -0.3 is 14.4 Å². The Morgan fingerprint density at radius 2 is 2.00 bits per heavy atom. The predicted octanol–water partition coefficient (Wildman–Crippen LogP) is 1.09. The maximum absolute atomic E-state index is 5.57. The number of hydrogen-bond donors (Lipinski definition) is 0. The van der Waals surface area contributed by atoms with E-state index in [0.717, 1.165) is 12.8 Å². The van der Waals surface area contributed by atoms with Gasteiger partial charge in [0, 0.05) is 19.6 Å². The van der Waals surface area contributed by atoms with Crippen molar-refractivity contribution in [2.24, 2.45) is 0 Å². The molecule has 0 bridgehead atoms. The molecule has 0 aromatic carbocycles. The van der Waals surface area contributed by atoms with Crippen LogP contribution in [-0.4, -0.2) is 44.5 Å². The fraction of sp³-hybridized carbons (Fsp3) is 1.00. The Balaban J connectivity index is 2.45. The van der Waals surface area contributed by atoms with Gasteiger partial charge in [-0.1, -0.05) is 0 Å². The van der Waals surface area contributed by atoms with Crippen LogP contribution in [0.3, 0.4) is 0 Å². The standard InChI is InChI=1S/C9H19NO2/c1-7-5-8(10(2)3)6-9(11-4)12-7/h7-9H,5-6H2,1-4H3/t7?,8?,9-/m1/s1. The van der Waals surface area contributed by atoms with Crippen LogP contribution in [0.1, 0.15) is 19.8 Å². The molecule has 0 saturated carbocycles. The molecule has 72 valence electrons. The molecule has 3 nitrogen and oxygen atoms in total. The zero-order valence-electron chi connectivity index (χ0n) is 8.41. The second-order valence-electron chi connectivity index (χ2n) is 3.70. The van der Waals surface area contributed by atoms with Gasteiger partial charge in [0.15, 0.2) is 6.29 Å². The van der Waals surface area contributed by atoms with E-state index in [-0.39, 0.29) is 6.29 Å². The van der Waals surface area contributed by atoms with Crippen LogP contribution in [0, 0.1) is 0 Å². The van der Waals surface area contributed by atoms with Crippen molar-refractivity contribution in [1.82, 2.24) is 4.90 Å². The van der Waals surface area contributed by atoms with E-state index in [1.54, 1.807) is 7.11 Å². The van der Waals surface area contributed by atoms with E-state index >= 15 is 0 Å². The average molecular weight is 173 g/mol. The van der Waals surface area contributed by atoms with Gasteiger partial charge in [0.25, 0.3) is 0 Å². The van der Waals surface area contributed by atoms with Crippen molar-refractivity contribution in [3.8, 4) is 0 Å². The van der Waals surface area contributed by atoms with Crippen molar-refractivity contribution in [3.63, 3.8) is 0 Å². The van der Waals surface area contributed by atoms with Gasteiger partial charge in [-0.25, -0.2) is 0 Å². The molecule has 1 aliphatic heterocycles. The lowest BCUT2D eigenvalue weighted by molar-refractivity contribution is -0.188.